The molecule has 27 heavy (non-hydrogen) atoms. The maximum atomic E-state index is 6.46. The van der Waals surface area contributed by atoms with E-state index in [4.69, 9.17) is 14.2 Å². The molecule has 3 rings (SSSR count). The summed E-state index contributed by atoms with van der Waals surface area (Å²) in [4.78, 5) is 4.53. The quantitative estimate of drug-likeness (QED) is 0.545. The van der Waals surface area contributed by atoms with Crippen molar-refractivity contribution in [2.45, 2.75) is 32.6 Å². The van der Waals surface area contributed by atoms with Crippen LogP contribution in [-0.2, 0) is 11.3 Å². The van der Waals surface area contributed by atoms with Gasteiger partial charge in [0.2, 0.25) is 0 Å². The Hall–Kier alpha value is -2.79. The molecule has 1 heterocycles. The van der Waals surface area contributed by atoms with Crippen LogP contribution in [0.4, 0.5) is 0 Å². The minimum atomic E-state index is -0.370. The summed E-state index contributed by atoms with van der Waals surface area (Å²) in [6.45, 7) is 5.43. The van der Waals surface area contributed by atoms with E-state index in [-0.39, 0.29) is 12.2 Å². The van der Waals surface area contributed by atoms with Gasteiger partial charge in [0.05, 0.1) is 6.61 Å². The van der Waals surface area contributed by atoms with Gasteiger partial charge in [-0.25, -0.2) is 4.98 Å². The molecule has 0 saturated carbocycles. The van der Waals surface area contributed by atoms with Gasteiger partial charge in [-0.15, -0.1) is 0 Å². The average Bonchev–Trinajstić information content (AvgIpc) is 3.18. The number of ether oxygens (including phenoxy) is 3. The number of methoxy groups -OCH3 is 1. The van der Waals surface area contributed by atoms with Gasteiger partial charge in [-0.05, 0) is 31.5 Å². The lowest BCUT2D eigenvalue weighted by Gasteiger charge is -2.28. The predicted molar refractivity (Wildman–Crippen MR) is 105 cm³/mol. The van der Waals surface area contributed by atoms with Crippen molar-refractivity contribution in [1.29, 1.82) is 0 Å². The van der Waals surface area contributed by atoms with Gasteiger partial charge in [0.25, 0.3) is 0 Å². The molecule has 142 valence electrons. The van der Waals surface area contributed by atoms with E-state index in [0.29, 0.717) is 12.4 Å². The molecule has 0 bridgehead atoms. The Morgan fingerprint density at radius 2 is 1.63 bits per heavy atom. The maximum absolute atomic E-state index is 6.46. The summed E-state index contributed by atoms with van der Waals surface area (Å²) in [5.41, 5.74) is 1.02. The number of hydrogen-bond donors (Lipinski definition) is 0. The van der Waals surface area contributed by atoms with E-state index >= 15 is 0 Å². The summed E-state index contributed by atoms with van der Waals surface area (Å²) in [7, 11) is 1.69. The van der Waals surface area contributed by atoms with Gasteiger partial charge in [0.1, 0.15) is 5.82 Å². The molecule has 0 saturated heterocycles. The lowest BCUT2D eigenvalue weighted by molar-refractivity contribution is -0.00944. The van der Waals surface area contributed by atoms with E-state index in [9.17, 15) is 0 Å². The average molecular weight is 366 g/mol. The van der Waals surface area contributed by atoms with Crippen LogP contribution in [0, 0.1) is 0 Å². The monoisotopic (exact) mass is 366 g/mol. The van der Waals surface area contributed by atoms with Crippen LogP contribution in [0.15, 0.2) is 67.0 Å². The fraction of sp³-hybridized carbons (Fsp3) is 0.318. The largest absolute Gasteiger partial charge is 0.490 e. The molecule has 0 amide bonds. The molecule has 0 spiro atoms. The Morgan fingerprint density at radius 3 is 2.30 bits per heavy atom. The van der Waals surface area contributed by atoms with Crippen LogP contribution in [-0.4, -0.2) is 23.3 Å². The number of aromatic nitrogens is 2. The van der Waals surface area contributed by atoms with Gasteiger partial charge in [0, 0.05) is 26.0 Å². The van der Waals surface area contributed by atoms with Crippen molar-refractivity contribution in [3.05, 3.63) is 78.4 Å². The summed E-state index contributed by atoms with van der Waals surface area (Å²) in [6, 6.07) is 17.8. The number of benzene rings is 2. The molecule has 1 aromatic heterocycles. The van der Waals surface area contributed by atoms with E-state index < -0.39 is 0 Å². The van der Waals surface area contributed by atoms with Gasteiger partial charge in [-0.3, -0.25) is 0 Å². The van der Waals surface area contributed by atoms with Crippen LogP contribution < -0.4 is 9.47 Å². The number of hydrogen-bond acceptors (Lipinski definition) is 4. The summed E-state index contributed by atoms with van der Waals surface area (Å²) in [5, 5.41) is 0. The van der Waals surface area contributed by atoms with Crippen LogP contribution in [0.3, 0.4) is 0 Å². The molecule has 2 atom stereocenters. The maximum Gasteiger partial charge on any atom is 0.162 e. The number of rotatable bonds is 9. The van der Waals surface area contributed by atoms with E-state index in [1.54, 1.807) is 13.3 Å². The van der Waals surface area contributed by atoms with Crippen LogP contribution >= 0.6 is 0 Å². The summed E-state index contributed by atoms with van der Waals surface area (Å²) in [5.74, 6) is 2.24. The molecule has 3 aromatic rings. The lowest BCUT2D eigenvalue weighted by Crippen LogP contribution is -2.22. The fourth-order valence-corrected chi connectivity index (χ4v) is 3.12. The van der Waals surface area contributed by atoms with Crippen molar-refractivity contribution in [2.24, 2.45) is 0 Å². The molecule has 0 aliphatic heterocycles. The van der Waals surface area contributed by atoms with E-state index in [1.807, 2.05) is 67.7 Å². The fourth-order valence-electron chi connectivity index (χ4n) is 3.12. The number of aryl methyl sites for hydroxylation is 1. The van der Waals surface area contributed by atoms with E-state index in [2.05, 4.69) is 16.5 Å². The third kappa shape index (κ3) is 4.31. The highest BCUT2D eigenvalue weighted by Gasteiger charge is 2.31. The molecule has 5 nitrogen and oxygen atoms in total. The molecule has 2 aromatic carbocycles. The summed E-state index contributed by atoms with van der Waals surface area (Å²) < 4.78 is 20.1. The van der Waals surface area contributed by atoms with Crippen molar-refractivity contribution >= 4 is 0 Å². The Kier molecular flexibility index (Phi) is 6.49. The van der Waals surface area contributed by atoms with E-state index in [0.717, 1.165) is 23.7 Å². The zero-order valence-electron chi connectivity index (χ0n) is 16.0. The molecule has 5 heteroatoms. The van der Waals surface area contributed by atoms with Crippen molar-refractivity contribution in [3.63, 3.8) is 0 Å². The predicted octanol–water partition coefficient (Wildman–Crippen LogP) is 4.81. The minimum absolute atomic E-state index is 0.364. The van der Waals surface area contributed by atoms with Crippen LogP contribution in [0.5, 0.6) is 11.5 Å². The number of imidazole rings is 1. The first kappa shape index (κ1) is 19.0. The van der Waals surface area contributed by atoms with Crippen molar-refractivity contribution in [2.75, 3.05) is 13.7 Å². The second-order valence-electron chi connectivity index (χ2n) is 6.06. The first-order valence-corrected chi connectivity index (χ1v) is 9.25. The molecule has 0 fully saturated rings. The van der Waals surface area contributed by atoms with Crippen molar-refractivity contribution in [3.8, 4) is 11.5 Å². The minimum Gasteiger partial charge on any atom is -0.490 e. The molecular weight excluding hydrogens is 340 g/mol. The standard InChI is InChI=1S/C22H26N2O3/c1-4-24-16-15-23-22(24)21(25-3)20(17-11-7-6-8-12-17)27-19-14-10-9-13-18(19)26-5-2/h6-16,20-21H,4-5H2,1-3H3/t20-,21+/m0/s1. The van der Waals surface area contributed by atoms with Gasteiger partial charge in [0.15, 0.2) is 23.7 Å². The van der Waals surface area contributed by atoms with Gasteiger partial charge >= 0.3 is 0 Å². The Balaban J connectivity index is 2.02. The second-order valence-corrected chi connectivity index (χ2v) is 6.06. The highest BCUT2D eigenvalue weighted by atomic mass is 16.6. The Labute approximate surface area is 160 Å². The SMILES string of the molecule is CCOc1ccccc1O[C@@H](c1ccccc1)[C@@H](OC)c1nccn1CC. The summed E-state index contributed by atoms with van der Waals surface area (Å²) in [6.07, 6.45) is 3.01. The third-order valence-electron chi connectivity index (χ3n) is 4.40. The number of nitrogens with zero attached hydrogens (tertiary/aromatic N) is 2. The smallest absolute Gasteiger partial charge is 0.162 e. The molecular formula is C22H26N2O3. The molecule has 0 aliphatic carbocycles. The highest BCUT2D eigenvalue weighted by Crippen LogP contribution is 2.38. The van der Waals surface area contributed by atoms with Gasteiger partial charge in [-0.2, -0.15) is 0 Å². The second kappa shape index (κ2) is 9.24. The molecule has 0 N–H and O–H groups in total. The molecule has 0 radical (unpaired) electrons. The normalized spacial score (nSPS) is 13.1. The Morgan fingerprint density at radius 1 is 0.926 bits per heavy atom. The lowest BCUT2D eigenvalue weighted by atomic mass is 10.0. The third-order valence-corrected chi connectivity index (χ3v) is 4.40. The van der Waals surface area contributed by atoms with E-state index in [1.165, 1.54) is 0 Å². The van der Waals surface area contributed by atoms with Crippen LogP contribution in [0.2, 0.25) is 0 Å². The zero-order chi connectivity index (χ0) is 19.1. The molecule has 0 aliphatic rings. The topological polar surface area (TPSA) is 45.5 Å². The van der Waals surface area contributed by atoms with Gasteiger partial charge in [-0.1, -0.05) is 42.5 Å². The van der Waals surface area contributed by atoms with Crippen LogP contribution in [0.1, 0.15) is 37.4 Å². The summed E-state index contributed by atoms with van der Waals surface area (Å²) >= 11 is 0. The zero-order valence-corrected chi connectivity index (χ0v) is 16.0. The Bertz CT molecular complexity index is 832. The van der Waals surface area contributed by atoms with Crippen LogP contribution in [0.25, 0.3) is 0 Å². The number of para-hydroxylation sites is 2. The van der Waals surface area contributed by atoms with Crippen molar-refractivity contribution in [1.82, 2.24) is 9.55 Å². The highest BCUT2D eigenvalue weighted by molar-refractivity contribution is 5.40. The molecule has 0 unspecified atom stereocenters. The van der Waals surface area contributed by atoms with Gasteiger partial charge < -0.3 is 18.8 Å². The first-order valence-electron chi connectivity index (χ1n) is 9.25. The van der Waals surface area contributed by atoms with Crippen molar-refractivity contribution < 1.29 is 14.2 Å². The first-order chi connectivity index (χ1) is 13.3.